The minimum absolute atomic E-state index is 0.0969. The monoisotopic (exact) mass is 364 g/mol. The zero-order chi connectivity index (χ0) is 14.2. The Morgan fingerprint density at radius 3 is 2.53 bits per heavy atom. The molecule has 0 aliphatic heterocycles. The predicted molar refractivity (Wildman–Crippen MR) is 78.4 cm³/mol. The van der Waals surface area contributed by atoms with Gasteiger partial charge < -0.3 is 5.73 Å². The van der Waals surface area contributed by atoms with Crippen molar-refractivity contribution in [2.45, 2.75) is 11.1 Å². The highest BCUT2D eigenvalue weighted by Gasteiger charge is 2.18. The highest BCUT2D eigenvalue weighted by molar-refractivity contribution is 9.11. The van der Waals surface area contributed by atoms with Gasteiger partial charge in [-0.15, -0.1) is 11.3 Å². The predicted octanol–water partition coefficient (Wildman–Crippen LogP) is 3.34. The van der Waals surface area contributed by atoms with Crippen LogP contribution in [-0.4, -0.2) is 8.42 Å². The van der Waals surface area contributed by atoms with E-state index in [0.29, 0.717) is 0 Å². The summed E-state index contributed by atoms with van der Waals surface area (Å²) < 4.78 is 40.6. The van der Waals surface area contributed by atoms with Crippen molar-refractivity contribution in [1.82, 2.24) is 0 Å². The molecule has 1 aromatic carbocycles. The van der Waals surface area contributed by atoms with Crippen LogP contribution in [0.1, 0.15) is 5.56 Å². The van der Waals surface area contributed by atoms with E-state index < -0.39 is 15.8 Å². The lowest BCUT2D eigenvalue weighted by Gasteiger charge is -2.07. The molecule has 19 heavy (non-hydrogen) atoms. The van der Waals surface area contributed by atoms with Crippen molar-refractivity contribution in [1.29, 1.82) is 0 Å². The maximum atomic E-state index is 13.2. The Balaban J connectivity index is 2.36. The second kappa shape index (κ2) is 5.10. The molecule has 0 amide bonds. The first-order valence-electron chi connectivity index (χ1n) is 5.13. The summed E-state index contributed by atoms with van der Waals surface area (Å²) in [5, 5.41) is 0. The smallest absolute Gasteiger partial charge is 0.271 e. The van der Waals surface area contributed by atoms with E-state index in [0.717, 1.165) is 32.8 Å². The quantitative estimate of drug-likeness (QED) is 0.820. The molecule has 0 fully saturated rings. The van der Waals surface area contributed by atoms with Crippen LogP contribution < -0.4 is 10.5 Å². The molecule has 2 aromatic rings. The third kappa shape index (κ3) is 3.26. The number of rotatable bonds is 3. The molecule has 0 atom stereocenters. The Bertz CT molecular complexity index is 689. The van der Waals surface area contributed by atoms with Gasteiger partial charge in [0.15, 0.2) is 0 Å². The van der Waals surface area contributed by atoms with Crippen molar-refractivity contribution in [2.75, 3.05) is 10.5 Å². The fourth-order valence-electron chi connectivity index (χ4n) is 1.44. The number of halogens is 2. The number of benzene rings is 1. The molecule has 8 heteroatoms. The molecule has 0 spiro atoms. The molecule has 0 saturated carbocycles. The van der Waals surface area contributed by atoms with Crippen LogP contribution in [0.25, 0.3) is 0 Å². The van der Waals surface area contributed by atoms with Crippen molar-refractivity contribution < 1.29 is 12.8 Å². The van der Waals surface area contributed by atoms with E-state index >= 15 is 0 Å². The summed E-state index contributed by atoms with van der Waals surface area (Å²) in [5.74, 6) is -0.596. The molecule has 0 bridgehead atoms. The third-order valence-electron chi connectivity index (χ3n) is 2.27. The summed E-state index contributed by atoms with van der Waals surface area (Å²) in [6.07, 6.45) is 0. The highest BCUT2D eigenvalue weighted by Crippen LogP contribution is 2.31. The Morgan fingerprint density at radius 2 is 2.00 bits per heavy atom. The number of hydrogen-bond acceptors (Lipinski definition) is 4. The zero-order valence-corrected chi connectivity index (χ0v) is 13.0. The first-order valence-corrected chi connectivity index (χ1v) is 8.22. The summed E-state index contributed by atoms with van der Waals surface area (Å²) in [7, 11) is -3.73. The second-order valence-electron chi connectivity index (χ2n) is 3.90. The van der Waals surface area contributed by atoms with Crippen LogP contribution in [-0.2, 0) is 10.0 Å². The van der Waals surface area contributed by atoms with Gasteiger partial charge in [0.2, 0.25) is 0 Å². The second-order valence-corrected chi connectivity index (χ2v) is 8.18. The molecule has 0 aliphatic rings. The Hall–Kier alpha value is -1.12. The molecule has 2 rings (SSSR count). The first kappa shape index (κ1) is 14.3. The molecule has 0 saturated heterocycles. The summed E-state index contributed by atoms with van der Waals surface area (Å²) in [5.41, 5.74) is 6.54. The van der Waals surface area contributed by atoms with Gasteiger partial charge in [0.25, 0.3) is 10.0 Å². The zero-order valence-electron chi connectivity index (χ0n) is 9.78. The average molecular weight is 365 g/mol. The van der Waals surface area contributed by atoms with Gasteiger partial charge in [0.1, 0.15) is 10.0 Å². The topological polar surface area (TPSA) is 72.2 Å². The molecule has 0 aliphatic carbocycles. The number of sulfonamides is 1. The van der Waals surface area contributed by atoms with Crippen molar-refractivity contribution in [3.8, 4) is 0 Å². The minimum atomic E-state index is -3.73. The van der Waals surface area contributed by atoms with Crippen molar-refractivity contribution in [2.24, 2.45) is 0 Å². The maximum Gasteiger partial charge on any atom is 0.271 e. The van der Waals surface area contributed by atoms with Crippen LogP contribution in [0, 0.1) is 12.7 Å². The molecule has 0 radical (unpaired) electrons. The number of nitrogen functional groups attached to an aromatic ring is 1. The van der Waals surface area contributed by atoms with E-state index in [1.165, 1.54) is 6.07 Å². The van der Waals surface area contributed by atoms with Gasteiger partial charge in [-0.05, 0) is 52.7 Å². The Labute approximate surface area is 122 Å². The first-order chi connectivity index (χ1) is 8.78. The number of hydrogen-bond donors (Lipinski definition) is 2. The lowest BCUT2D eigenvalue weighted by atomic mass is 10.3. The summed E-state index contributed by atoms with van der Waals surface area (Å²) in [4.78, 5) is 0. The number of nitrogens with two attached hydrogens (primary N) is 1. The van der Waals surface area contributed by atoms with Gasteiger partial charge in [0.05, 0.1) is 9.47 Å². The molecule has 1 aromatic heterocycles. The van der Waals surface area contributed by atoms with Crippen LogP contribution in [0.3, 0.4) is 0 Å². The van der Waals surface area contributed by atoms with Gasteiger partial charge in [0, 0.05) is 5.69 Å². The largest absolute Gasteiger partial charge is 0.399 e. The van der Waals surface area contributed by atoms with Crippen LogP contribution in [0.4, 0.5) is 15.8 Å². The summed E-state index contributed by atoms with van der Waals surface area (Å²) in [6, 6.07) is 5.09. The van der Waals surface area contributed by atoms with Gasteiger partial charge in [-0.3, -0.25) is 4.72 Å². The number of thiophene rings is 1. The third-order valence-corrected chi connectivity index (χ3v) is 6.26. The molecular weight excluding hydrogens is 355 g/mol. The Kier molecular flexibility index (Phi) is 3.84. The molecule has 0 unspecified atom stereocenters. The van der Waals surface area contributed by atoms with Crippen LogP contribution in [0.2, 0.25) is 0 Å². The SMILES string of the molecule is Cc1cc(S(=O)(=O)Nc2cc(N)cc(F)c2)sc1Br. The van der Waals surface area contributed by atoms with E-state index in [1.54, 1.807) is 13.0 Å². The fraction of sp³-hybridized carbons (Fsp3) is 0.0909. The molecular formula is C11H10BrFN2O2S2. The molecule has 3 N–H and O–H groups in total. The van der Waals surface area contributed by atoms with E-state index in [2.05, 4.69) is 20.7 Å². The van der Waals surface area contributed by atoms with Gasteiger partial charge in [-0.2, -0.15) is 0 Å². The van der Waals surface area contributed by atoms with Crippen molar-refractivity contribution >= 4 is 48.7 Å². The number of aryl methyl sites for hydroxylation is 1. The standard InChI is InChI=1S/C11H10BrFN2O2S2/c1-6-2-10(18-11(6)12)19(16,17)15-9-4-7(13)3-8(14)5-9/h2-5,15H,14H2,1H3. The molecule has 1 heterocycles. The van der Waals surface area contributed by atoms with Crippen molar-refractivity contribution in [3.05, 3.63) is 39.4 Å². The van der Waals surface area contributed by atoms with Crippen molar-refractivity contribution in [3.63, 3.8) is 0 Å². The molecule has 102 valence electrons. The van der Waals surface area contributed by atoms with Gasteiger partial charge in [-0.1, -0.05) is 0 Å². The lowest BCUT2D eigenvalue weighted by molar-refractivity contribution is 0.603. The normalized spacial score (nSPS) is 11.5. The molecule has 4 nitrogen and oxygen atoms in total. The average Bonchev–Trinajstić information content (AvgIpc) is 2.57. The van der Waals surface area contributed by atoms with Crippen LogP contribution >= 0.6 is 27.3 Å². The lowest BCUT2D eigenvalue weighted by Crippen LogP contribution is -2.11. The van der Waals surface area contributed by atoms with E-state index in [1.807, 2.05) is 0 Å². The minimum Gasteiger partial charge on any atom is -0.399 e. The maximum absolute atomic E-state index is 13.2. The van der Waals surface area contributed by atoms with E-state index in [-0.39, 0.29) is 15.6 Å². The van der Waals surface area contributed by atoms with Gasteiger partial charge in [-0.25, -0.2) is 12.8 Å². The highest BCUT2D eigenvalue weighted by atomic mass is 79.9. The fourth-order valence-corrected chi connectivity index (χ4v) is 4.71. The van der Waals surface area contributed by atoms with Crippen LogP contribution in [0.15, 0.2) is 32.3 Å². The summed E-state index contributed by atoms with van der Waals surface area (Å²) >= 11 is 4.35. The Morgan fingerprint density at radius 1 is 1.32 bits per heavy atom. The number of nitrogens with one attached hydrogen (secondary N) is 1. The van der Waals surface area contributed by atoms with E-state index in [9.17, 15) is 12.8 Å². The van der Waals surface area contributed by atoms with Crippen LogP contribution in [0.5, 0.6) is 0 Å². The van der Waals surface area contributed by atoms with Gasteiger partial charge >= 0.3 is 0 Å². The summed E-state index contributed by atoms with van der Waals surface area (Å²) in [6.45, 7) is 1.79. The number of anilines is 2. The van der Waals surface area contributed by atoms with E-state index in [4.69, 9.17) is 5.73 Å².